The maximum atomic E-state index is 13.0. The fraction of sp³-hybridized carbons (Fsp3) is 0.250. The summed E-state index contributed by atoms with van der Waals surface area (Å²) in [5, 5.41) is 2.37. The van der Waals surface area contributed by atoms with E-state index in [0.717, 1.165) is 16.5 Å². The van der Waals surface area contributed by atoms with Gasteiger partial charge < -0.3 is 19.2 Å². The highest BCUT2D eigenvalue weighted by atomic mass is 16.8. The maximum absolute atomic E-state index is 13.0. The Hall–Kier alpha value is -3.03. The number of aromatic amines is 1. The van der Waals surface area contributed by atoms with Gasteiger partial charge in [0.15, 0.2) is 11.5 Å². The van der Waals surface area contributed by atoms with E-state index in [-0.39, 0.29) is 18.8 Å². The second-order valence-electron chi connectivity index (χ2n) is 6.61. The lowest BCUT2D eigenvalue weighted by atomic mass is 10.1. The summed E-state index contributed by atoms with van der Waals surface area (Å²) in [6, 6.07) is 13.0. The minimum atomic E-state index is -0.664. The number of aromatic nitrogens is 1. The second kappa shape index (κ2) is 6.29. The number of rotatable bonds is 2. The lowest BCUT2D eigenvalue weighted by Crippen LogP contribution is -2.44. The first-order valence-electron chi connectivity index (χ1n) is 8.79. The number of ether oxygens (including phenoxy) is 3. The first-order valence-corrected chi connectivity index (χ1v) is 8.79. The third-order valence-corrected chi connectivity index (χ3v) is 4.72. The molecule has 27 heavy (non-hydrogen) atoms. The molecule has 2 aliphatic heterocycles. The number of fused-ring (bicyclic) bond motifs is 2. The monoisotopic (exact) mass is 366 g/mol. The van der Waals surface area contributed by atoms with Crippen LogP contribution in [0.15, 0.2) is 48.7 Å². The number of H-pyrrole nitrogens is 1. The van der Waals surface area contributed by atoms with E-state index >= 15 is 0 Å². The molecule has 3 aromatic rings. The smallest absolute Gasteiger partial charge is 0.277 e. The molecule has 1 amide bonds. The molecular formula is C20H18N2O5. The van der Waals surface area contributed by atoms with E-state index in [4.69, 9.17) is 19.0 Å². The molecule has 0 aliphatic carbocycles. The molecule has 1 fully saturated rings. The Bertz CT molecular complexity index is 1010. The van der Waals surface area contributed by atoms with E-state index < -0.39 is 6.29 Å². The molecule has 5 rings (SSSR count). The van der Waals surface area contributed by atoms with Crippen molar-refractivity contribution >= 4 is 16.8 Å². The van der Waals surface area contributed by atoms with Gasteiger partial charge in [-0.3, -0.25) is 4.79 Å². The molecule has 1 saturated heterocycles. The van der Waals surface area contributed by atoms with Crippen molar-refractivity contribution in [2.24, 2.45) is 0 Å². The molecule has 3 heterocycles. The standard InChI is InChI=1S/C20H18N2O5/c1-12-10-22(19(23)13-6-7-17-18(8-13)25-11-24-17)27-20(26-12)15-9-21-16-5-3-2-4-14(15)16/h2-9,12,20-21H,10-11H2,1H3/t12-,20-/m1/s1. The minimum absolute atomic E-state index is 0.167. The van der Waals surface area contributed by atoms with Gasteiger partial charge in [0.25, 0.3) is 5.91 Å². The Morgan fingerprint density at radius 2 is 2.00 bits per heavy atom. The fourth-order valence-corrected chi connectivity index (χ4v) is 3.39. The van der Waals surface area contributed by atoms with Gasteiger partial charge >= 0.3 is 0 Å². The van der Waals surface area contributed by atoms with Crippen LogP contribution >= 0.6 is 0 Å². The van der Waals surface area contributed by atoms with Crippen LogP contribution in [0, 0.1) is 0 Å². The van der Waals surface area contributed by atoms with Crippen molar-refractivity contribution < 1.29 is 23.8 Å². The number of benzene rings is 2. The molecule has 7 nitrogen and oxygen atoms in total. The van der Waals surface area contributed by atoms with Gasteiger partial charge in [0.1, 0.15) is 0 Å². The molecule has 7 heteroatoms. The number of carbonyl (C=O) groups is 1. The Morgan fingerprint density at radius 1 is 1.15 bits per heavy atom. The first kappa shape index (κ1) is 16.2. The van der Waals surface area contributed by atoms with Crippen LogP contribution < -0.4 is 9.47 Å². The van der Waals surface area contributed by atoms with Crippen molar-refractivity contribution in [1.29, 1.82) is 0 Å². The number of hydrogen-bond donors (Lipinski definition) is 1. The van der Waals surface area contributed by atoms with Crippen molar-refractivity contribution in [3.8, 4) is 11.5 Å². The van der Waals surface area contributed by atoms with Crippen LogP contribution in [0.2, 0.25) is 0 Å². The molecule has 0 spiro atoms. The zero-order chi connectivity index (χ0) is 18.4. The topological polar surface area (TPSA) is 73.0 Å². The highest BCUT2D eigenvalue weighted by molar-refractivity contribution is 5.94. The number of hydrogen-bond acceptors (Lipinski definition) is 5. The van der Waals surface area contributed by atoms with Crippen LogP contribution in [0.4, 0.5) is 0 Å². The molecule has 2 atom stereocenters. The Kier molecular flexibility index (Phi) is 3.77. The minimum Gasteiger partial charge on any atom is -0.454 e. The van der Waals surface area contributed by atoms with Crippen LogP contribution in [-0.2, 0) is 9.57 Å². The maximum Gasteiger partial charge on any atom is 0.277 e. The molecule has 1 aromatic heterocycles. The van der Waals surface area contributed by atoms with Gasteiger partial charge in [-0.15, -0.1) is 0 Å². The quantitative estimate of drug-likeness (QED) is 0.753. The summed E-state index contributed by atoms with van der Waals surface area (Å²) in [7, 11) is 0. The molecule has 2 aromatic carbocycles. The van der Waals surface area contributed by atoms with Crippen LogP contribution in [0.3, 0.4) is 0 Å². The third kappa shape index (κ3) is 2.81. The number of hydroxylamine groups is 2. The lowest BCUT2D eigenvalue weighted by Gasteiger charge is -2.35. The van der Waals surface area contributed by atoms with Gasteiger partial charge in [0, 0.05) is 28.2 Å². The highest BCUT2D eigenvalue weighted by Gasteiger charge is 2.33. The number of carbonyl (C=O) groups excluding carboxylic acids is 1. The highest BCUT2D eigenvalue weighted by Crippen LogP contribution is 2.35. The molecule has 0 radical (unpaired) electrons. The van der Waals surface area contributed by atoms with Crippen molar-refractivity contribution in [2.75, 3.05) is 13.3 Å². The Morgan fingerprint density at radius 3 is 2.93 bits per heavy atom. The van der Waals surface area contributed by atoms with Gasteiger partial charge in [-0.2, -0.15) is 0 Å². The molecular weight excluding hydrogens is 348 g/mol. The fourth-order valence-electron chi connectivity index (χ4n) is 3.39. The van der Waals surface area contributed by atoms with Crippen LogP contribution in [0.1, 0.15) is 29.1 Å². The lowest BCUT2D eigenvalue weighted by molar-refractivity contribution is -0.319. The van der Waals surface area contributed by atoms with Crippen LogP contribution in [0.5, 0.6) is 11.5 Å². The first-order chi connectivity index (χ1) is 13.2. The number of nitrogens with one attached hydrogen (secondary N) is 1. The van der Waals surface area contributed by atoms with E-state index in [1.807, 2.05) is 37.4 Å². The molecule has 0 unspecified atom stereocenters. The van der Waals surface area contributed by atoms with Crippen molar-refractivity contribution in [3.63, 3.8) is 0 Å². The van der Waals surface area contributed by atoms with Crippen LogP contribution in [0.25, 0.3) is 10.9 Å². The van der Waals surface area contributed by atoms with Gasteiger partial charge in [0.05, 0.1) is 12.6 Å². The van der Waals surface area contributed by atoms with Gasteiger partial charge in [-0.05, 0) is 31.2 Å². The number of nitrogens with zero attached hydrogens (tertiary/aromatic N) is 1. The molecule has 138 valence electrons. The van der Waals surface area contributed by atoms with E-state index in [0.29, 0.717) is 23.6 Å². The summed E-state index contributed by atoms with van der Waals surface area (Å²) in [4.78, 5) is 22.1. The average molecular weight is 366 g/mol. The summed E-state index contributed by atoms with van der Waals surface area (Å²) in [6.07, 6.45) is 1.02. The molecule has 0 bridgehead atoms. The third-order valence-electron chi connectivity index (χ3n) is 4.72. The predicted molar refractivity (Wildman–Crippen MR) is 96.3 cm³/mol. The molecule has 0 saturated carbocycles. The molecule has 2 aliphatic rings. The van der Waals surface area contributed by atoms with E-state index in [2.05, 4.69) is 4.98 Å². The second-order valence-corrected chi connectivity index (χ2v) is 6.61. The summed E-state index contributed by atoms with van der Waals surface area (Å²) in [5.41, 5.74) is 2.33. The molecule has 1 N–H and O–H groups in total. The van der Waals surface area contributed by atoms with Crippen LogP contribution in [-0.4, -0.2) is 35.4 Å². The van der Waals surface area contributed by atoms with E-state index in [1.54, 1.807) is 18.2 Å². The van der Waals surface area contributed by atoms with Crippen molar-refractivity contribution in [2.45, 2.75) is 19.3 Å². The Labute approximate surface area is 155 Å². The van der Waals surface area contributed by atoms with Gasteiger partial charge in [0.2, 0.25) is 13.1 Å². The zero-order valence-corrected chi connectivity index (χ0v) is 14.7. The van der Waals surface area contributed by atoms with Gasteiger partial charge in [-0.1, -0.05) is 18.2 Å². The summed E-state index contributed by atoms with van der Waals surface area (Å²) in [5.74, 6) is 0.961. The van der Waals surface area contributed by atoms with Crippen molar-refractivity contribution in [3.05, 3.63) is 59.8 Å². The SMILES string of the molecule is C[C@@H]1CN(C(=O)c2ccc3c(c2)OCO3)O[C@H](c2c[nH]c3ccccc23)O1. The Balaban J connectivity index is 1.42. The largest absolute Gasteiger partial charge is 0.454 e. The number of para-hydroxylation sites is 1. The van der Waals surface area contributed by atoms with Crippen molar-refractivity contribution in [1.82, 2.24) is 10.0 Å². The normalized spacial score (nSPS) is 21.6. The summed E-state index contributed by atoms with van der Waals surface area (Å²) < 4.78 is 16.6. The average Bonchev–Trinajstić information content (AvgIpc) is 3.33. The van der Waals surface area contributed by atoms with E-state index in [9.17, 15) is 4.79 Å². The summed E-state index contributed by atoms with van der Waals surface area (Å²) in [6.45, 7) is 2.43. The zero-order valence-electron chi connectivity index (χ0n) is 14.7. The van der Waals surface area contributed by atoms with E-state index in [1.165, 1.54) is 5.06 Å². The summed E-state index contributed by atoms with van der Waals surface area (Å²) >= 11 is 0. The number of amides is 1. The van der Waals surface area contributed by atoms with Gasteiger partial charge in [-0.25, -0.2) is 9.90 Å². The predicted octanol–water partition coefficient (Wildman–Crippen LogP) is 3.39.